The molecule has 0 heterocycles. The van der Waals surface area contributed by atoms with Crippen LogP contribution in [-0.4, -0.2) is 13.1 Å². The maximum Gasteiger partial charge on any atom is 0.306 e. The number of methoxy groups -OCH3 is 1. The number of carbonyl (C=O) groups is 1. The third kappa shape index (κ3) is 2.03. The molecule has 1 aliphatic carbocycles. The Bertz CT molecular complexity index is 500. The lowest BCUT2D eigenvalue weighted by molar-refractivity contribution is -0.141. The van der Waals surface area contributed by atoms with Crippen molar-refractivity contribution in [3.8, 4) is 6.07 Å². The number of nitriles is 1. The fourth-order valence-corrected chi connectivity index (χ4v) is 2.58. The summed E-state index contributed by atoms with van der Waals surface area (Å²) < 4.78 is 4.71. The minimum absolute atomic E-state index is 0.162. The third-order valence-corrected chi connectivity index (χ3v) is 3.58. The quantitative estimate of drug-likeness (QED) is 0.732. The van der Waals surface area contributed by atoms with E-state index in [1.165, 1.54) is 18.2 Å². The van der Waals surface area contributed by atoms with E-state index in [2.05, 4.69) is 6.07 Å². The molecule has 0 fully saturated rings. The topological polar surface area (TPSA) is 50.1 Å². The molecule has 3 heteroatoms. The molecule has 17 heavy (non-hydrogen) atoms. The summed E-state index contributed by atoms with van der Waals surface area (Å²) in [6.07, 6.45) is 2.37. The predicted molar refractivity (Wildman–Crippen MR) is 63.6 cm³/mol. The van der Waals surface area contributed by atoms with Crippen LogP contribution >= 0.6 is 0 Å². The number of carbonyl (C=O) groups excluding carboxylic acids is 1. The SMILES string of the molecule is COC(=O)C[C@H]1CCc2c1ccc(C#N)c2C. The second-order valence-electron chi connectivity index (χ2n) is 4.43. The van der Waals surface area contributed by atoms with Crippen LogP contribution < -0.4 is 0 Å². The summed E-state index contributed by atoms with van der Waals surface area (Å²) >= 11 is 0. The molecule has 0 saturated carbocycles. The van der Waals surface area contributed by atoms with Gasteiger partial charge in [0, 0.05) is 0 Å². The monoisotopic (exact) mass is 229 g/mol. The van der Waals surface area contributed by atoms with Crippen molar-refractivity contribution in [2.24, 2.45) is 0 Å². The van der Waals surface area contributed by atoms with Gasteiger partial charge in [0.15, 0.2) is 0 Å². The van der Waals surface area contributed by atoms with Crippen molar-refractivity contribution in [2.45, 2.75) is 32.1 Å². The summed E-state index contributed by atoms with van der Waals surface area (Å²) in [5.41, 5.74) is 4.27. The van der Waals surface area contributed by atoms with E-state index in [0.29, 0.717) is 6.42 Å². The van der Waals surface area contributed by atoms with E-state index in [4.69, 9.17) is 10.00 Å². The first-order chi connectivity index (χ1) is 8.17. The second kappa shape index (κ2) is 4.58. The molecule has 0 unspecified atom stereocenters. The van der Waals surface area contributed by atoms with Crippen molar-refractivity contribution in [1.82, 2.24) is 0 Å². The molecule has 1 aromatic rings. The van der Waals surface area contributed by atoms with Gasteiger partial charge in [-0.15, -0.1) is 0 Å². The highest BCUT2D eigenvalue weighted by Crippen LogP contribution is 2.38. The van der Waals surface area contributed by atoms with Gasteiger partial charge in [0.1, 0.15) is 0 Å². The van der Waals surface area contributed by atoms with Gasteiger partial charge in [-0.3, -0.25) is 4.79 Å². The standard InChI is InChI=1S/C14H15NO2/c1-9-11(8-15)4-6-13-10(3-5-12(9)13)7-14(16)17-2/h4,6,10H,3,5,7H2,1-2H3/t10-/m1/s1. The zero-order valence-corrected chi connectivity index (χ0v) is 10.1. The zero-order valence-electron chi connectivity index (χ0n) is 10.1. The number of hydrogen-bond acceptors (Lipinski definition) is 3. The Hall–Kier alpha value is -1.82. The van der Waals surface area contributed by atoms with Gasteiger partial charge in [0.05, 0.1) is 25.2 Å². The van der Waals surface area contributed by atoms with E-state index >= 15 is 0 Å². The molecule has 1 aromatic carbocycles. The van der Waals surface area contributed by atoms with Gasteiger partial charge >= 0.3 is 5.97 Å². The van der Waals surface area contributed by atoms with Crippen LogP contribution in [0.2, 0.25) is 0 Å². The van der Waals surface area contributed by atoms with Crippen LogP contribution in [0.3, 0.4) is 0 Å². The number of esters is 1. The highest BCUT2D eigenvalue weighted by atomic mass is 16.5. The Balaban J connectivity index is 2.31. The molecule has 1 aliphatic rings. The first-order valence-corrected chi connectivity index (χ1v) is 5.76. The molecule has 3 nitrogen and oxygen atoms in total. The van der Waals surface area contributed by atoms with E-state index in [9.17, 15) is 4.79 Å². The van der Waals surface area contributed by atoms with E-state index in [1.54, 1.807) is 0 Å². The van der Waals surface area contributed by atoms with Crippen molar-refractivity contribution in [2.75, 3.05) is 7.11 Å². The number of fused-ring (bicyclic) bond motifs is 1. The second-order valence-corrected chi connectivity index (χ2v) is 4.43. The molecular formula is C14H15NO2. The molecular weight excluding hydrogens is 214 g/mol. The summed E-state index contributed by atoms with van der Waals surface area (Å²) in [5, 5.41) is 8.97. The molecule has 0 radical (unpaired) electrons. The molecule has 0 N–H and O–H groups in total. The molecule has 0 aromatic heterocycles. The van der Waals surface area contributed by atoms with Gasteiger partial charge < -0.3 is 4.74 Å². The fourth-order valence-electron chi connectivity index (χ4n) is 2.58. The van der Waals surface area contributed by atoms with Gasteiger partial charge in [-0.05, 0) is 48.4 Å². The van der Waals surface area contributed by atoms with Gasteiger partial charge in [0.2, 0.25) is 0 Å². The van der Waals surface area contributed by atoms with Crippen molar-refractivity contribution in [3.63, 3.8) is 0 Å². The minimum Gasteiger partial charge on any atom is -0.469 e. The van der Waals surface area contributed by atoms with Crippen LogP contribution in [0.15, 0.2) is 12.1 Å². The average molecular weight is 229 g/mol. The lowest BCUT2D eigenvalue weighted by Gasteiger charge is -2.11. The van der Waals surface area contributed by atoms with Gasteiger partial charge in [0.25, 0.3) is 0 Å². The van der Waals surface area contributed by atoms with Crippen LogP contribution in [0, 0.1) is 18.3 Å². The van der Waals surface area contributed by atoms with Crippen LogP contribution in [0.4, 0.5) is 0 Å². The summed E-state index contributed by atoms with van der Waals surface area (Å²) in [4.78, 5) is 11.3. The predicted octanol–water partition coefficient (Wildman–Crippen LogP) is 2.46. The van der Waals surface area contributed by atoms with E-state index < -0.39 is 0 Å². The molecule has 0 saturated heterocycles. The highest BCUT2D eigenvalue weighted by molar-refractivity contribution is 5.71. The molecule has 88 valence electrons. The Labute approximate surface area is 101 Å². The van der Waals surface area contributed by atoms with Crippen molar-refractivity contribution in [3.05, 3.63) is 34.4 Å². The van der Waals surface area contributed by atoms with Crippen molar-refractivity contribution >= 4 is 5.97 Å². The summed E-state index contributed by atoms with van der Waals surface area (Å²) in [6, 6.07) is 6.04. The summed E-state index contributed by atoms with van der Waals surface area (Å²) in [5.74, 6) is 0.0914. The Kier molecular flexibility index (Phi) is 3.14. The van der Waals surface area contributed by atoms with Crippen LogP contribution in [0.5, 0.6) is 0 Å². The highest BCUT2D eigenvalue weighted by Gasteiger charge is 2.26. The molecule has 0 aliphatic heterocycles. The lowest BCUT2D eigenvalue weighted by Crippen LogP contribution is -2.06. The lowest BCUT2D eigenvalue weighted by atomic mass is 9.94. The average Bonchev–Trinajstić information content (AvgIpc) is 2.74. The Morgan fingerprint density at radius 3 is 3.00 bits per heavy atom. The number of benzene rings is 1. The molecule has 2 rings (SSSR count). The summed E-state index contributed by atoms with van der Waals surface area (Å²) in [6.45, 7) is 1.98. The smallest absolute Gasteiger partial charge is 0.306 e. The summed E-state index contributed by atoms with van der Waals surface area (Å²) in [7, 11) is 1.42. The van der Waals surface area contributed by atoms with Crippen LogP contribution in [0.25, 0.3) is 0 Å². The first kappa shape index (κ1) is 11.7. The Morgan fingerprint density at radius 2 is 2.35 bits per heavy atom. The maximum absolute atomic E-state index is 11.3. The van der Waals surface area contributed by atoms with Gasteiger partial charge in [-0.2, -0.15) is 5.26 Å². The normalized spacial score (nSPS) is 17.4. The fraction of sp³-hybridized carbons (Fsp3) is 0.429. The van der Waals surface area contributed by atoms with Crippen molar-refractivity contribution < 1.29 is 9.53 Å². The minimum atomic E-state index is -0.162. The van der Waals surface area contributed by atoms with Crippen molar-refractivity contribution in [1.29, 1.82) is 5.26 Å². The molecule has 0 spiro atoms. The third-order valence-electron chi connectivity index (χ3n) is 3.58. The van der Waals surface area contributed by atoms with Gasteiger partial charge in [-0.25, -0.2) is 0 Å². The van der Waals surface area contributed by atoms with E-state index in [1.807, 2.05) is 19.1 Å². The van der Waals surface area contributed by atoms with Crippen LogP contribution in [0.1, 0.15) is 41.0 Å². The van der Waals surface area contributed by atoms with E-state index in [-0.39, 0.29) is 11.9 Å². The number of ether oxygens (including phenoxy) is 1. The van der Waals surface area contributed by atoms with E-state index in [0.717, 1.165) is 24.0 Å². The first-order valence-electron chi connectivity index (χ1n) is 5.76. The molecule has 0 bridgehead atoms. The Morgan fingerprint density at radius 1 is 1.59 bits per heavy atom. The van der Waals surface area contributed by atoms with Crippen LogP contribution in [-0.2, 0) is 16.0 Å². The number of nitrogens with zero attached hydrogens (tertiary/aromatic N) is 1. The number of rotatable bonds is 2. The largest absolute Gasteiger partial charge is 0.469 e. The van der Waals surface area contributed by atoms with Gasteiger partial charge in [-0.1, -0.05) is 6.07 Å². The maximum atomic E-state index is 11.3. The zero-order chi connectivity index (χ0) is 12.4. The molecule has 0 amide bonds. The number of hydrogen-bond donors (Lipinski definition) is 0. The molecule has 1 atom stereocenters.